The second-order valence-corrected chi connectivity index (χ2v) is 10.6. The number of alkyl halides is 3. The van der Waals surface area contributed by atoms with Gasteiger partial charge in [-0.1, -0.05) is 44.2 Å². The molecule has 0 saturated heterocycles. The van der Waals surface area contributed by atoms with Gasteiger partial charge in [0.25, 0.3) is 0 Å². The van der Waals surface area contributed by atoms with Crippen LogP contribution in [0.15, 0.2) is 60.8 Å². The molecule has 0 aliphatic carbocycles. The molecule has 9 heteroatoms. The number of hydrogen-bond donors (Lipinski definition) is 1. The van der Waals surface area contributed by atoms with Gasteiger partial charge in [-0.2, -0.15) is 18.3 Å². The van der Waals surface area contributed by atoms with Gasteiger partial charge in [-0.05, 0) is 66.6 Å². The van der Waals surface area contributed by atoms with Crippen LogP contribution in [0.4, 0.5) is 13.2 Å². The fraction of sp³-hybridized carbons (Fsp3) is 0.344. The zero-order valence-corrected chi connectivity index (χ0v) is 23.5. The average Bonchev–Trinajstić information content (AvgIpc) is 3.34. The van der Waals surface area contributed by atoms with Gasteiger partial charge in [0.1, 0.15) is 5.75 Å². The monoisotopic (exact) mass is 566 g/mol. The van der Waals surface area contributed by atoms with Crippen molar-refractivity contribution in [2.45, 2.75) is 58.7 Å². The molecule has 0 amide bonds. The van der Waals surface area contributed by atoms with Crippen molar-refractivity contribution in [3.8, 4) is 16.9 Å². The number of halogens is 3. The number of Topliss-reactive ketones (excluding diaryl/α,β-unsaturated/α-hetero) is 1. The molecule has 3 aromatic carbocycles. The molecule has 0 spiro atoms. The summed E-state index contributed by atoms with van der Waals surface area (Å²) in [6.07, 6.45) is -1.52. The summed E-state index contributed by atoms with van der Waals surface area (Å²) in [5.74, 6) is -0.164. The van der Waals surface area contributed by atoms with E-state index in [1.807, 2.05) is 28.9 Å². The third-order valence-electron chi connectivity index (χ3n) is 7.18. The Hall–Kier alpha value is -4.14. The normalized spacial score (nSPS) is 12.6. The van der Waals surface area contributed by atoms with E-state index in [4.69, 9.17) is 14.9 Å². The molecule has 4 rings (SSSR count). The number of aliphatic carboxylic acids is 1. The molecule has 1 atom stereocenters. The van der Waals surface area contributed by atoms with Gasteiger partial charge in [-0.25, -0.2) is 0 Å². The van der Waals surface area contributed by atoms with Gasteiger partial charge in [0.15, 0.2) is 5.78 Å². The summed E-state index contributed by atoms with van der Waals surface area (Å²) in [5, 5.41) is 14.3. The lowest BCUT2D eigenvalue weighted by molar-refractivity contribution is -0.138. The standard InChI is InChI=1S/C32H33F3N2O4/c1-19(2)16-28(21-8-10-22(11-9-21)29(38)6-5-7-30(39)40)37-27-15-14-25(31(41-4)26(27)18-36-37)24-13-12-23(17-20(24)3)32(33,34)35/h8-15,17-19,28H,5-7,16H2,1-4H3,(H,39,40). The highest BCUT2D eigenvalue weighted by atomic mass is 19.4. The Morgan fingerprint density at radius 3 is 2.27 bits per heavy atom. The Bertz CT molecular complexity index is 1560. The summed E-state index contributed by atoms with van der Waals surface area (Å²) in [5.41, 5.74) is 3.42. The Kier molecular flexibility index (Phi) is 8.85. The van der Waals surface area contributed by atoms with Gasteiger partial charge in [-0.15, -0.1) is 0 Å². The smallest absolute Gasteiger partial charge is 0.416 e. The van der Waals surface area contributed by atoms with E-state index in [0.29, 0.717) is 40.3 Å². The number of nitrogens with zero attached hydrogens (tertiary/aromatic N) is 2. The Balaban J connectivity index is 1.70. The van der Waals surface area contributed by atoms with Crippen LogP contribution in [-0.4, -0.2) is 33.7 Å². The van der Waals surface area contributed by atoms with Crippen molar-refractivity contribution in [1.82, 2.24) is 9.78 Å². The number of carboxylic acids is 1. The number of carboxylic acid groups (broad SMARTS) is 1. The van der Waals surface area contributed by atoms with Gasteiger partial charge in [0.05, 0.1) is 35.8 Å². The fourth-order valence-corrected chi connectivity index (χ4v) is 5.18. The molecule has 1 unspecified atom stereocenters. The number of ketones is 1. The topological polar surface area (TPSA) is 81.4 Å². The van der Waals surface area contributed by atoms with Gasteiger partial charge in [0, 0.05) is 24.0 Å². The lowest BCUT2D eigenvalue weighted by Gasteiger charge is -2.22. The Labute approximate surface area is 236 Å². The number of fused-ring (bicyclic) bond motifs is 1. The van der Waals surface area contributed by atoms with Crippen LogP contribution in [0.3, 0.4) is 0 Å². The average molecular weight is 567 g/mol. The lowest BCUT2D eigenvalue weighted by atomic mass is 9.94. The van der Waals surface area contributed by atoms with Crippen LogP contribution >= 0.6 is 0 Å². The largest absolute Gasteiger partial charge is 0.495 e. The number of methoxy groups -OCH3 is 1. The van der Waals surface area contributed by atoms with E-state index >= 15 is 0 Å². The minimum Gasteiger partial charge on any atom is -0.495 e. The molecule has 1 aromatic heterocycles. The predicted octanol–water partition coefficient (Wildman–Crippen LogP) is 8.11. The van der Waals surface area contributed by atoms with Crippen LogP contribution in [0, 0.1) is 12.8 Å². The van der Waals surface area contributed by atoms with E-state index < -0.39 is 17.7 Å². The molecule has 0 radical (unpaired) electrons. The lowest BCUT2D eigenvalue weighted by Crippen LogP contribution is -2.15. The summed E-state index contributed by atoms with van der Waals surface area (Å²) in [6, 6.07) is 14.6. The molecule has 0 aliphatic rings. The van der Waals surface area contributed by atoms with Crippen LogP contribution < -0.4 is 4.74 Å². The summed E-state index contributed by atoms with van der Waals surface area (Å²) in [6.45, 7) is 5.88. The highest BCUT2D eigenvalue weighted by molar-refractivity contribution is 5.96. The zero-order chi connectivity index (χ0) is 29.9. The van der Waals surface area contributed by atoms with Crippen molar-refractivity contribution < 1.29 is 32.6 Å². The highest BCUT2D eigenvalue weighted by Crippen LogP contribution is 2.41. The van der Waals surface area contributed by atoms with Crippen molar-refractivity contribution >= 4 is 22.7 Å². The SMILES string of the molecule is COc1c(-c2ccc(C(F)(F)F)cc2C)ccc2c1cnn2C(CC(C)C)c1ccc(C(=O)CCCC(=O)O)cc1. The predicted molar refractivity (Wildman–Crippen MR) is 151 cm³/mol. The molecular formula is C32H33F3N2O4. The van der Waals surface area contributed by atoms with Crippen LogP contribution in [0.5, 0.6) is 5.75 Å². The minimum absolute atomic E-state index is 0.0454. The maximum Gasteiger partial charge on any atom is 0.416 e. The minimum atomic E-state index is -4.42. The second kappa shape index (κ2) is 12.2. The molecule has 0 bridgehead atoms. The summed E-state index contributed by atoms with van der Waals surface area (Å²) >= 11 is 0. The molecule has 6 nitrogen and oxygen atoms in total. The summed E-state index contributed by atoms with van der Waals surface area (Å²) in [4.78, 5) is 23.3. The highest BCUT2D eigenvalue weighted by Gasteiger charge is 2.31. The van der Waals surface area contributed by atoms with E-state index in [9.17, 15) is 22.8 Å². The van der Waals surface area contributed by atoms with E-state index in [0.717, 1.165) is 35.0 Å². The van der Waals surface area contributed by atoms with Crippen LogP contribution in [-0.2, 0) is 11.0 Å². The Morgan fingerprint density at radius 1 is 1.00 bits per heavy atom. The number of carbonyl (C=O) groups excluding carboxylic acids is 1. The molecule has 0 fully saturated rings. The fourth-order valence-electron chi connectivity index (χ4n) is 5.18. The van der Waals surface area contributed by atoms with Crippen molar-refractivity contribution in [2.75, 3.05) is 7.11 Å². The Morgan fingerprint density at radius 2 is 1.68 bits per heavy atom. The number of aromatic nitrogens is 2. The van der Waals surface area contributed by atoms with Gasteiger partial charge >= 0.3 is 12.1 Å². The van der Waals surface area contributed by atoms with Gasteiger partial charge < -0.3 is 9.84 Å². The van der Waals surface area contributed by atoms with Crippen LogP contribution in [0.1, 0.15) is 72.6 Å². The van der Waals surface area contributed by atoms with E-state index in [1.165, 1.54) is 13.2 Å². The first-order chi connectivity index (χ1) is 19.4. The molecule has 0 saturated carbocycles. The van der Waals surface area contributed by atoms with E-state index in [-0.39, 0.29) is 24.7 Å². The number of carbonyl (C=O) groups is 2. The first-order valence-corrected chi connectivity index (χ1v) is 13.5. The van der Waals surface area contributed by atoms with Crippen molar-refractivity contribution in [3.63, 3.8) is 0 Å². The van der Waals surface area contributed by atoms with E-state index in [2.05, 4.69) is 13.8 Å². The third-order valence-corrected chi connectivity index (χ3v) is 7.18. The van der Waals surface area contributed by atoms with Gasteiger partial charge in [0.2, 0.25) is 0 Å². The molecule has 216 valence electrons. The summed E-state index contributed by atoms with van der Waals surface area (Å²) < 4.78 is 47.4. The number of aryl methyl sites for hydroxylation is 1. The zero-order valence-electron chi connectivity index (χ0n) is 23.5. The van der Waals surface area contributed by atoms with E-state index in [1.54, 1.807) is 25.3 Å². The molecule has 41 heavy (non-hydrogen) atoms. The maximum atomic E-state index is 13.2. The van der Waals surface area contributed by atoms with Crippen molar-refractivity contribution in [3.05, 3.63) is 83.0 Å². The van der Waals surface area contributed by atoms with Gasteiger partial charge in [-0.3, -0.25) is 14.3 Å². The quantitative estimate of drug-likeness (QED) is 0.186. The van der Waals surface area contributed by atoms with Crippen molar-refractivity contribution in [1.29, 1.82) is 0 Å². The van der Waals surface area contributed by atoms with Crippen LogP contribution in [0.2, 0.25) is 0 Å². The first kappa shape index (κ1) is 29.8. The molecule has 1 N–H and O–H groups in total. The molecule has 4 aromatic rings. The summed E-state index contributed by atoms with van der Waals surface area (Å²) in [7, 11) is 1.53. The van der Waals surface area contributed by atoms with Crippen molar-refractivity contribution in [2.24, 2.45) is 5.92 Å². The molecule has 1 heterocycles. The third kappa shape index (κ3) is 6.61. The second-order valence-electron chi connectivity index (χ2n) is 10.6. The number of ether oxygens (including phenoxy) is 1. The first-order valence-electron chi connectivity index (χ1n) is 13.5. The number of benzene rings is 3. The number of hydrogen-bond acceptors (Lipinski definition) is 4. The van der Waals surface area contributed by atoms with Crippen LogP contribution in [0.25, 0.3) is 22.0 Å². The molecular weight excluding hydrogens is 533 g/mol. The maximum absolute atomic E-state index is 13.2. The molecule has 0 aliphatic heterocycles. The number of rotatable bonds is 11.